The van der Waals surface area contributed by atoms with Crippen LogP contribution in [-0.2, 0) is 4.79 Å². The largest absolute Gasteiger partial charge is 0.497 e. The highest BCUT2D eigenvalue weighted by Crippen LogP contribution is 2.31. The molecule has 0 aliphatic carbocycles. The fourth-order valence-corrected chi connectivity index (χ4v) is 3.69. The number of anilines is 1. The van der Waals surface area contributed by atoms with E-state index in [-0.39, 0.29) is 17.9 Å². The summed E-state index contributed by atoms with van der Waals surface area (Å²) < 4.78 is 5.26. The maximum atomic E-state index is 11.7. The number of hydrogen-bond donors (Lipinski definition) is 1. The Labute approximate surface area is 158 Å². The molecular formula is C21H22N4O2. The molecule has 2 atom stereocenters. The van der Waals surface area contributed by atoms with E-state index in [1.54, 1.807) is 14.0 Å². The number of para-hydroxylation sites is 2. The van der Waals surface area contributed by atoms with Gasteiger partial charge in [-0.1, -0.05) is 24.3 Å². The zero-order chi connectivity index (χ0) is 18.8. The second-order valence-electron chi connectivity index (χ2n) is 6.81. The van der Waals surface area contributed by atoms with Gasteiger partial charge in [-0.05, 0) is 29.8 Å². The van der Waals surface area contributed by atoms with Crippen molar-refractivity contribution in [2.24, 2.45) is 0 Å². The molecule has 6 heteroatoms. The molecule has 2 heterocycles. The van der Waals surface area contributed by atoms with Gasteiger partial charge in [0.25, 0.3) is 0 Å². The van der Waals surface area contributed by atoms with E-state index in [9.17, 15) is 4.79 Å². The molecule has 0 spiro atoms. The number of nitrogens with one attached hydrogen (secondary N) is 1. The van der Waals surface area contributed by atoms with Crippen molar-refractivity contribution in [3.8, 4) is 5.75 Å². The van der Waals surface area contributed by atoms with Gasteiger partial charge in [0.1, 0.15) is 11.6 Å². The quantitative estimate of drug-likeness (QED) is 0.773. The van der Waals surface area contributed by atoms with Crippen molar-refractivity contribution in [2.75, 3.05) is 25.1 Å². The number of hydrogen-bond acceptors (Lipinski definition) is 5. The summed E-state index contributed by atoms with van der Waals surface area (Å²) >= 11 is 0. The Kier molecular flexibility index (Phi) is 4.62. The van der Waals surface area contributed by atoms with Crippen LogP contribution < -0.4 is 15.0 Å². The standard InChI is InChI=1S/C21H22N4O2/c1-14(26)23-20-13-25(12-17(20)15-7-9-16(27-2)10-8-15)21-11-22-18-5-3-4-6-19(18)24-21/h3-11,17,20H,12-13H2,1-2H3,(H,23,26)/t17-,20+/m0/s1. The van der Waals surface area contributed by atoms with Crippen molar-refractivity contribution >= 4 is 22.8 Å². The topological polar surface area (TPSA) is 67.3 Å². The van der Waals surface area contributed by atoms with Crippen molar-refractivity contribution in [3.05, 3.63) is 60.3 Å². The van der Waals surface area contributed by atoms with E-state index in [1.165, 1.54) is 5.56 Å². The number of methoxy groups -OCH3 is 1. The SMILES string of the molecule is COc1ccc([C@@H]2CN(c3cnc4ccccc4n3)C[C@H]2NC(C)=O)cc1. The van der Waals surface area contributed by atoms with Crippen LogP contribution in [0.1, 0.15) is 18.4 Å². The molecule has 1 N–H and O–H groups in total. The molecule has 0 saturated carbocycles. The molecule has 3 aromatic rings. The highest BCUT2D eigenvalue weighted by Gasteiger charge is 2.35. The molecule has 1 fully saturated rings. The second kappa shape index (κ2) is 7.23. The van der Waals surface area contributed by atoms with Crippen molar-refractivity contribution < 1.29 is 9.53 Å². The number of amides is 1. The summed E-state index contributed by atoms with van der Waals surface area (Å²) in [4.78, 5) is 23.2. The van der Waals surface area contributed by atoms with Gasteiger partial charge in [-0.15, -0.1) is 0 Å². The molecule has 0 radical (unpaired) electrons. The lowest BCUT2D eigenvalue weighted by molar-refractivity contribution is -0.119. The van der Waals surface area contributed by atoms with E-state index in [1.807, 2.05) is 42.6 Å². The van der Waals surface area contributed by atoms with Crippen LogP contribution in [0.5, 0.6) is 5.75 Å². The van der Waals surface area contributed by atoms with E-state index >= 15 is 0 Å². The van der Waals surface area contributed by atoms with Crippen LogP contribution in [0.15, 0.2) is 54.7 Å². The van der Waals surface area contributed by atoms with Gasteiger partial charge in [0.15, 0.2) is 0 Å². The summed E-state index contributed by atoms with van der Waals surface area (Å²) in [5, 5.41) is 3.10. The average molecular weight is 362 g/mol. The zero-order valence-corrected chi connectivity index (χ0v) is 15.4. The van der Waals surface area contributed by atoms with E-state index < -0.39 is 0 Å². The van der Waals surface area contributed by atoms with Gasteiger partial charge in [-0.25, -0.2) is 4.98 Å². The molecule has 2 aromatic carbocycles. The molecule has 0 unspecified atom stereocenters. The van der Waals surface area contributed by atoms with Crippen molar-refractivity contribution in [1.82, 2.24) is 15.3 Å². The van der Waals surface area contributed by atoms with Gasteiger partial charge in [-0.3, -0.25) is 9.78 Å². The third-order valence-electron chi connectivity index (χ3n) is 5.01. The lowest BCUT2D eigenvalue weighted by Gasteiger charge is -2.19. The first-order valence-corrected chi connectivity index (χ1v) is 9.02. The predicted octanol–water partition coefficient (Wildman–Crippen LogP) is 2.75. The minimum atomic E-state index is -0.0232. The van der Waals surface area contributed by atoms with Gasteiger partial charge in [-0.2, -0.15) is 0 Å². The minimum Gasteiger partial charge on any atom is -0.497 e. The van der Waals surface area contributed by atoms with Gasteiger partial charge in [0.2, 0.25) is 5.91 Å². The van der Waals surface area contributed by atoms with E-state index in [2.05, 4.69) is 27.3 Å². The normalized spacial score (nSPS) is 19.3. The summed E-state index contributed by atoms with van der Waals surface area (Å²) in [5.74, 6) is 1.81. The summed E-state index contributed by atoms with van der Waals surface area (Å²) in [6.45, 7) is 3.02. The van der Waals surface area contributed by atoms with Crippen LogP contribution in [0.3, 0.4) is 0 Å². The lowest BCUT2D eigenvalue weighted by Crippen LogP contribution is -2.38. The minimum absolute atomic E-state index is 0.0177. The number of nitrogens with zero attached hydrogens (tertiary/aromatic N) is 3. The summed E-state index contributed by atoms with van der Waals surface area (Å²) in [6, 6.07) is 15.9. The Bertz CT molecular complexity index is 958. The first-order chi connectivity index (χ1) is 13.1. The van der Waals surface area contributed by atoms with Gasteiger partial charge in [0, 0.05) is 25.9 Å². The Morgan fingerprint density at radius 3 is 2.56 bits per heavy atom. The monoisotopic (exact) mass is 362 g/mol. The Balaban J connectivity index is 1.63. The number of carbonyl (C=O) groups excluding carboxylic acids is 1. The van der Waals surface area contributed by atoms with Crippen LogP contribution in [0.25, 0.3) is 11.0 Å². The molecule has 6 nitrogen and oxygen atoms in total. The molecule has 4 rings (SSSR count). The lowest BCUT2D eigenvalue weighted by atomic mass is 9.94. The third kappa shape index (κ3) is 3.56. The Morgan fingerprint density at radius 1 is 1.11 bits per heavy atom. The first-order valence-electron chi connectivity index (χ1n) is 9.02. The van der Waals surface area contributed by atoms with Gasteiger partial charge in [0.05, 0.1) is 30.4 Å². The molecule has 1 amide bonds. The predicted molar refractivity (Wildman–Crippen MR) is 105 cm³/mol. The number of benzene rings is 2. The van der Waals surface area contributed by atoms with E-state index in [4.69, 9.17) is 9.72 Å². The van der Waals surface area contributed by atoms with Crippen LogP contribution in [0.2, 0.25) is 0 Å². The van der Waals surface area contributed by atoms with Crippen LogP contribution in [0, 0.1) is 0 Å². The number of carbonyl (C=O) groups is 1. The number of aromatic nitrogens is 2. The van der Waals surface area contributed by atoms with E-state index in [0.717, 1.165) is 29.1 Å². The summed E-state index contributed by atoms with van der Waals surface area (Å²) in [7, 11) is 1.66. The maximum absolute atomic E-state index is 11.7. The van der Waals surface area contributed by atoms with Crippen LogP contribution in [-0.4, -0.2) is 42.1 Å². The van der Waals surface area contributed by atoms with Gasteiger partial charge >= 0.3 is 0 Å². The molecule has 1 aromatic heterocycles. The van der Waals surface area contributed by atoms with Crippen molar-refractivity contribution in [2.45, 2.75) is 18.9 Å². The molecule has 27 heavy (non-hydrogen) atoms. The highest BCUT2D eigenvalue weighted by molar-refractivity contribution is 5.76. The molecular weight excluding hydrogens is 340 g/mol. The number of ether oxygens (including phenoxy) is 1. The zero-order valence-electron chi connectivity index (χ0n) is 15.4. The molecule has 1 saturated heterocycles. The van der Waals surface area contributed by atoms with Gasteiger partial charge < -0.3 is 15.0 Å². The smallest absolute Gasteiger partial charge is 0.217 e. The second-order valence-corrected chi connectivity index (χ2v) is 6.81. The maximum Gasteiger partial charge on any atom is 0.217 e. The summed E-state index contributed by atoms with van der Waals surface area (Å²) in [6.07, 6.45) is 1.81. The molecule has 0 bridgehead atoms. The Morgan fingerprint density at radius 2 is 1.85 bits per heavy atom. The van der Waals surface area contributed by atoms with Crippen molar-refractivity contribution in [1.29, 1.82) is 0 Å². The fraction of sp³-hybridized carbons (Fsp3) is 0.286. The third-order valence-corrected chi connectivity index (χ3v) is 5.01. The van der Waals surface area contributed by atoms with Crippen molar-refractivity contribution in [3.63, 3.8) is 0 Å². The fourth-order valence-electron chi connectivity index (χ4n) is 3.69. The Hall–Kier alpha value is -3.15. The number of rotatable bonds is 4. The highest BCUT2D eigenvalue weighted by atomic mass is 16.5. The first kappa shape index (κ1) is 17.3. The number of fused-ring (bicyclic) bond motifs is 1. The summed E-state index contributed by atoms with van der Waals surface area (Å²) in [5.41, 5.74) is 2.93. The average Bonchev–Trinajstić information content (AvgIpc) is 3.10. The molecule has 1 aliphatic rings. The molecule has 138 valence electrons. The van der Waals surface area contributed by atoms with E-state index in [0.29, 0.717) is 6.54 Å². The molecule has 1 aliphatic heterocycles. The van der Waals surface area contributed by atoms with Crippen LogP contribution >= 0.6 is 0 Å². The van der Waals surface area contributed by atoms with Crippen LogP contribution in [0.4, 0.5) is 5.82 Å².